The van der Waals surface area contributed by atoms with Crippen LogP contribution in [0.3, 0.4) is 0 Å². The Kier molecular flexibility index (Phi) is 12.7. The van der Waals surface area contributed by atoms with Gasteiger partial charge in [-0.1, -0.05) is 59.0 Å². The summed E-state index contributed by atoms with van der Waals surface area (Å²) >= 11 is 0. The first-order valence-corrected chi connectivity index (χ1v) is 18.4. The van der Waals surface area contributed by atoms with Gasteiger partial charge in [0.25, 0.3) is 0 Å². The maximum absolute atomic E-state index is 13.4. The number of ether oxygens (including phenoxy) is 7. The van der Waals surface area contributed by atoms with E-state index >= 15 is 0 Å². The van der Waals surface area contributed by atoms with E-state index in [2.05, 4.69) is 6.92 Å². The molecule has 0 bridgehead atoms. The molecule has 0 amide bonds. The van der Waals surface area contributed by atoms with E-state index in [0.717, 1.165) is 25.7 Å². The molecule has 51 heavy (non-hydrogen) atoms. The number of hydrogen-bond donors (Lipinski definition) is 0. The molecule has 2 aliphatic heterocycles. The molecule has 2 saturated heterocycles. The number of carbonyl (C=O) groups excluding carboxylic acids is 6. The van der Waals surface area contributed by atoms with Gasteiger partial charge in [0.15, 0.2) is 17.3 Å². The molecule has 0 aromatic carbocycles. The fraction of sp³-hybridized carbons (Fsp3) is 0.789. The van der Waals surface area contributed by atoms with Crippen LogP contribution in [0.25, 0.3) is 0 Å². The molecule has 0 aromatic heterocycles. The summed E-state index contributed by atoms with van der Waals surface area (Å²) in [6.07, 6.45) is 0.559. The van der Waals surface area contributed by atoms with Crippen LogP contribution in [-0.2, 0) is 61.9 Å². The monoisotopic (exact) mass is 720 g/mol. The first kappa shape index (κ1) is 40.3. The van der Waals surface area contributed by atoms with Crippen LogP contribution in [0.1, 0.15) is 127 Å². The summed E-state index contributed by atoms with van der Waals surface area (Å²) in [7, 11) is 0. The lowest BCUT2D eigenvalue weighted by Gasteiger charge is -2.57. The van der Waals surface area contributed by atoms with Crippen molar-refractivity contribution < 1.29 is 61.9 Å². The standard InChI is InChI=1S/C38H56O13/c1-10-12-13-14-15-17-31(43)48-26-20-28(45-23(5)39)36(8)32(22(26)4)34(47-25(7)41)38-29(50-35(44)37(38,9)51-38)19-21(3)18-27(33(36)46-24(6)40)49-30(42)16-11-2/h19,22,26-29,32-34H,10-18,20H2,1-9H3/b21-19-/t22-,26-,27-,28-,29-,32+,33-,34-,36-,37-,38-/m1/s1. The molecule has 11 atom stereocenters. The summed E-state index contributed by atoms with van der Waals surface area (Å²) < 4.78 is 42.8. The van der Waals surface area contributed by atoms with Crippen LogP contribution in [0.5, 0.6) is 0 Å². The van der Waals surface area contributed by atoms with Gasteiger partial charge in [-0.15, -0.1) is 0 Å². The third-order valence-electron chi connectivity index (χ3n) is 11.2. The van der Waals surface area contributed by atoms with E-state index in [9.17, 15) is 28.8 Å². The molecule has 1 spiro atoms. The Hall–Kier alpha value is -3.48. The van der Waals surface area contributed by atoms with Crippen LogP contribution >= 0.6 is 0 Å². The maximum Gasteiger partial charge on any atom is 0.342 e. The molecule has 1 saturated carbocycles. The second kappa shape index (κ2) is 16.0. The van der Waals surface area contributed by atoms with Crippen LogP contribution in [0.2, 0.25) is 0 Å². The number of epoxide rings is 1. The van der Waals surface area contributed by atoms with Crippen LogP contribution in [0.15, 0.2) is 11.6 Å². The van der Waals surface area contributed by atoms with Crippen LogP contribution < -0.4 is 0 Å². The lowest BCUT2D eigenvalue weighted by molar-refractivity contribution is -0.248. The Balaban J connectivity index is 1.95. The number of hydrogen-bond acceptors (Lipinski definition) is 13. The molecule has 0 unspecified atom stereocenters. The van der Waals surface area contributed by atoms with Gasteiger partial charge in [-0.2, -0.15) is 0 Å². The van der Waals surface area contributed by atoms with Gasteiger partial charge in [0.05, 0.1) is 5.41 Å². The number of carbonyl (C=O) groups is 6. The van der Waals surface area contributed by atoms with Gasteiger partial charge >= 0.3 is 35.8 Å². The topological polar surface area (TPSA) is 170 Å². The number of esters is 6. The molecule has 4 aliphatic rings. The first-order valence-electron chi connectivity index (χ1n) is 18.4. The van der Waals surface area contributed by atoms with Gasteiger partial charge in [-0.05, 0) is 32.8 Å². The molecule has 13 heteroatoms. The largest absolute Gasteiger partial charge is 0.462 e. The molecular formula is C38H56O13. The van der Waals surface area contributed by atoms with E-state index in [1.54, 1.807) is 26.8 Å². The highest BCUT2D eigenvalue weighted by atomic mass is 16.7. The summed E-state index contributed by atoms with van der Waals surface area (Å²) in [5.74, 6) is -5.28. The second-order valence-electron chi connectivity index (χ2n) is 15.1. The van der Waals surface area contributed by atoms with Crippen molar-refractivity contribution in [3.8, 4) is 0 Å². The maximum atomic E-state index is 13.4. The highest BCUT2D eigenvalue weighted by molar-refractivity contribution is 5.89. The lowest BCUT2D eigenvalue weighted by Crippen LogP contribution is -2.68. The van der Waals surface area contributed by atoms with E-state index < -0.39 is 101 Å². The summed E-state index contributed by atoms with van der Waals surface area (Å²) in [6.45, 7) is 14.5. The van der Waals surface area contributed by atoms with Gasteiger partial charge in [0, 0.05) is 58.3 Å². The van der Waals surface area contributed by atoms with Crippen molar-refractivity contribution in [1.82, 2.24) is 0 Å². The predicted molar refractivity (Wildman–Crippen MR) is 181 cm³/mol. The smallest absolute Gasteiger partial charge is 0.342 e. The molecule has 2 aliphatic carbocycles. The fourth-order valence-corrected chi connectivity index (χ4v) is 8.78. The molecule has 13 nitrogen and oxygen atoms in total. The van der Waals surface area contributed by atoms with Crippen molar-refractivity contribution in [3.05, 3.63) is 11.6 Å². The molecule has 0 N–H and O–H groups in total. The average Bonchev–Trinajstić information content (AvgIpc) is 3.62. The van der Waals surface area contributed by atoms with Crippen molar-refractivity contribution >= 4 is 35.8 Å². The second-order valence-corrected chi connectivity index (χ2v) is 15.1. The third-order valence-corrected chi connectivity index (χ3v) is 11.2. The van der Waals surface area contributed by atoms with E-state index in [4.69, 9.17) is 33.2 Å². The minimum absolute atomic E-state index is 0.00824. The van der Waals surface area contributed by atoms with Gasteiger partial charge < -0.3 is 33.2 Å². The van der Waals surface area contributed by atoms with Crippen molar-refractivity contribution in [2.45, 2.75) is 174 Å². The third kappa shape index (κ3) is 7.98. The Morgan fingerprint density at radius 1 is 0.784 bits per heavy atom. The molecule has 3 fully saturated rings. The SMILES string of the molecule is CCCCCCCC(=O)O[C@@H]1C[C@@H](OC(C)=O)[C@]2(C)[C@@H]([C@@H]1C)[C@@H](OC(C)=O)[C@@]13O[C@]1(C)C(=O)O[C@@H]3/C=C(/C)C[C@@H](OC(=O)CCC)[C@H]2OC(C)=O. The Labute approximate surface area is 300 Å². The Morgan fingerprint density at radius 2 is 1.37 bits per heavy atom. The van der Waals surface area contributed by atoms with Crippen LogP contribution in [0.4, 0.5) is 0 Å². The quantitative estimate of drug-likeness (QED) is 0.0797. The lowest BCUT2D eigenvalue weighted by atomic mass is 9.52. The van der Waals surface area contributed by atoms with Crippen molar-refractivity contribution in [1.29, 1.82) is 0 Å². The fourth-order valence-electron chi connectivity index (χ4n) is 8.78. The zero-order valence-electron chi connectivity index (χ0n) is 31.6. The van der Waals surface area contributed by atoms with Crippen molar-refractivity contribution in [3.63, 3.8) is 0 Å². The highest BCUT2D eigenvalue weighted by Gasteiger charge is 2.87. The first-order chi connectivity index (χ1) is 24.0. The molecule has 2 heterocycles. The van der Waals surface area contributed by atoms with E-state index in [0.29, 0.717) is 18.4 Å². The van der Waals surface area contributed by atoms with Crippen LogP contribution in [0, 0.1) is 17.3 Å². The molecular weight excluding hydrogens is 664 g/mol. The van der Waals surface area contributed by atoms with Crippen molar-refractivity contribution in [2.75, 3.05) is 0 Å². The number of fused-ring (bicyclic) bond motifs is 1. The van der Waals surface area contributed by atoms with Gasteiger partial charge in [-0.25, -0.2) is 4.79 Å². The minimum Gasteiger partial charge on any atom is -0.462 e. The highest BCUT2D eigenvalue weighted by Crippen LogP contribution is 2.66. The van der Waals surface area contributed by atoms with E-state index in [-0.39, 0.29) is 25.7 Å². The number of rotatable bonds is 13. The van der Waals surface area contributed by atoms with E-state index in [1.807, 2.05) is 13.8 Å². The Bertz CT molecular complexity index is 1390. The zero-order chi connectivity index (χ0) is 37.9. The van der Waals surface area contributed by atoms with E-state index in [1.165, 1.54) is 20.8 Å². The minimum atomic E-state index is -1.53. The molecule has 286 valence electrons. The Morgan fingerprint density at radius 3 is 1.96 bits per heavy atom. The normalized spacial score (nSPS) is 37.9. The van der Waals surface area contributed by atoms with Gasteiger partial charge in [0.2, 0.25) is 0 Å². The van der Waals surface area contributed by atoms with Crippen LogP contribution in [-0.4, -0.2) is 83.6 Å². The average molecular weight is 721 g/mol. The molecule has 0 radical (unpaired) electrons. The predicted octanol–water partition coefficient (Wildman–Crippen LogP) is 5.23. The van der Waals surface area contributed by atoms with Gasteiger partial charge in [-0.3, -0.25) is 24.0 Å². The summed E-state index contributed by atoms with van der Waals surface area (Å²) in [5.41, 5.74) is -3.90. The zero-order valence-corrected chi connectivity index (χ0v) is 31.6. The molecule has 0 aromatic rings. The van der Waals surface area contributed by atoms with Gasteiger partial charge in [0.1, 0.15) is 30.5 Å². The number of unbranched alkanes of at least 4 members (excludes halogenated alkanes) is 4. The molecule has 4 rings (SSSR count). The summed E-state index contributed by atoms with van der Waals surface area (Å²) in [4.78, 5) is 78.8. The summed E-state index contributed by atoms with van der Waals surface area (Å²) in [5, 5.41) is 0. The van der Waals surface area contributed by atoms with Crippen molar-refractivity contribution in [2.24, 2.45) is 17.3 Å². The summed E-state index contributed by atoms with van der Waals surface area (Å²) in [6, 6.07) is 0.